The van der Waals surface area contributed by atoms with Gasteiger partial charge in [-0.2, -0.15) is 0 Å². The second-order valence-corrected chi connectivity index (χ2v) is 5.16. The number of hydrogen-bond acceptors (Lipinski definition) is 5. The van der Waals surface area contributed by atoms with Crippen LogP contribution < -0.4 is 4.74 Å². The number of carbonyl (C=O) groups excluding carboxylic acids is 1. The smallest absolute Gasteiger partial charge is 0.316 e. The zero-order chi connectivity index (χ0) is 15.2. The molecule has 0 saturated carbocycles. The van der Waals surface area contributed by atoms with Crippen LogP contribution >= 0.6 is 0 Å². The fourth-order valence-corrected chi connectivity index (χ4v) is 2.40. The van der Waals surface area contributed by atoms with Gasteiger partial charge in [-0.05, 0) is 25.0 Å². The van der Waals surface area contributed by atoms with E-state index in [0.29, 0.717) is 25.6 Å². The molecule has 1 saturated heterocycles. The summed E-state index contributed by atoms with van der Waals surface area (Å²) in [5.41, 5.74) is 1.67. The molecule has 0 aliphatic carbocycles. The molecule has 2 aromatic rings. The van der Waals surface area contributed by atoms with Crippen molar-refractivity contribution in [3.63, 3.8) is 0 Å². The van der Waals surface area contributed by atoms with E-state index < -0.39 is 0 Å². The van der Waals surface area contributed by atoms with Gasteiger partial charge in [0.2, 0.25) is 5.91 Å². The summed E-state index contributed by atoms with van der Waals surface area (Å²) in [5, 5.41) is 0. The summed E-state index contributed by atoms with van der Waals surface area (Å²) in [6, 6.07) is 6.01. The van der Waals surface area contributed by atoms with E-state index in [9.17, 15) is 4.79 Å². The van der Waals surface area contributed by atoms with E-state index in [-0.39, 0.29) is 5.91 Å². The Labute approximate surface area is 129 Å². The molecule has 1 fully saturated rings. The zero-order valence-electron chi connectivity index (χ0n) is 12.3. The quantitative estimate of drug-likeness (QED) is 0.843. The highest BCUT2D eigenvalue weighted by atomic mass is 16.5. The SMILES string of the molecule is O=C1CCCCN1CCOc1ncc(-c2ccccn2)cn1. The number of amides is 1. The standard InChI is InChI=1S/C16H18N4O2/c21-15-6-2-4-8-20(15)9-10-22-16-18-11-13(12-19-16)14-5-1-3-7-17-14/h1,3,5,7,11-12H,2,4,6,8-10H2. The molecule has 2 aromatic heterocycles. The molecule has 6 nitrogen and oxygen atoms in total. The molecular weight excluding hydrogens is 280 g/mol. The number of ether oxygens (including phenoxy) is 1. The predicted molar refractivity (Wildman–Crippen MR) is 81.2 cm³/mol. The molecule has 0 atom stereocenters. The van der Waals surface area contributed by atoms with Crippen molar-refractivity contribution in [3.05, 3.63) is 36.8 Å². The van der Waals surface area contributed by atoms with Crippen molar-refractivity contribution in [1.82, 2.24) is 19.9 Å². The molecule has 0 radical (unpaired) electrons. The summed E-state index contributed by atoms with van der Waals surface area (Å²) in [6.07, 6.45) is 7.83. The first-order chi connectivity index (χ1) is 10.8. The van der Waals surface area contributed by atoms with Crippen LogP contribution in [-0.2, 0) is 4.79 Å². The summed E-state index contributed by atoms with van der Waals surface area (Å²) in [6.45, 7) is 1.82. The maximum Gasteiger partial charge on any atom is 0.316 e. The van der Waals surface area contributed by atoms with Crippen molar-refractivity contribution in [2.75, 3.05) is 19.7 Å². The second kappa shape index (κ2) is 6.98. The van der Waals surface area contributed by atoms with Crippen LogP contribution in [0.1, 0.15) is 19.3 Å². The van der Waals surface area contributed by atoms with Gasteiger partial charge in [-0.25, -0.2) is 9.97 Å². The first-order valence-corrected chi connectivity index (χ1v) is 7.47. The van der Waals surface area contributed by atoms with Crippen LogP contribution in [0.5, 0.6) is 6.01 Å². The van der Waals surface area contributed by atoms with Crippen molar-refractivity contribution in [2.24, 2.45) is 0 Å². The highest BCUT2D eigenvalue weighted by Gasteiger charge is 2.17. The second-order valence-electron chi connectivity index (χ2n) is 5.16. The van der Waals surface area contributed by atoms with Gasteiger partial charge < -0.3 is 9.64 Å². The van der Waals surface area contributed by atoms with Crippen LogP contribution in [-0.4, -0.2) is 45.5 Å². The molecule has 0 aromatic carbocycles. The molecule has 0 bridgehead atoms. The number of pyridine rings is 1. The summed E-state index contributed by atoms with van der Waals surface area (Å²) in [4.78, 5) is 26.1. The van der Waals surface area contributed by atoms with E-state index in [1.54, 1.807) is 18.6 Å². The van der Waals surface area contributed by atoms with E-state index in [2.05, 4.69) is 15.0 Å². The Hall–Kier alpha value is -2.50. The van der Waals surface area contributed by atoms with E-state index in [4.69, 9.17) is 4.74 Å². The number of hydrogen-bond donors (Lipinski definition) is 0. The molecule has 0 unspecified atom stereocenters. The summed E-state index contributed by atoms with van der Waals surface area (Å²) in [5.74, 6) is 0.210. The zero-order valence-corrected chi connectivity index (χ0v) is 12.3. The van der Waals surface area contributed by atoms with Crippen LogP contribution in [0.15, 0.2) is 36.8 Å². The number of aromatic nitrogens is 3. The third-order valence-electron chi connectivity index (χ3n) is 3.60. The van der Waals surface area contributed by atoms with Gasteiger partial charge >= 0.3 is 6.01 Å². The fourth-order valence-electron chi connectivity index (χ4n) is 2.40. The van der Waals surface area contributed by atoms with Crippen molar-refractivity contribution in [3.8, 4) is 17.3 Å². The topological polar surface area (TPSA) is 68.2 Å². The molecule has 3 heterocycles. The maximum atomic E-state index is 11.7. The molecular formula is C16H18N4O2. The summed E-state index contributed by atoms with van der Waals surface area (Å²) in [7, 11) is 0. The lowest BCUT2D eigenvalue weighted by Crippen LogP contribution is -2.38. The van der Waals surface area contributed by atoms with Crippen molar-refractivity contribution in [1.29, 1.82) is 0 Å². The maximum absolute atomic E-state index is 11.7. The van der Waals surface area contributed by atoms with Gasteiger partial charge in [0.25, 0.3) is 0 Å². The lowest BCUT2D eigenvalue weighted by Gasteiger charge is -2.26. The Morgan fingerprint density at radius 2 is 2.00 bits per heavy atom. The van der Waals surface area contributed by atoms with Gasteiger partial charge in [-0.1, -0.05) is 6.07 Å². The lowest BCUT2D eigenvalue weighted by atomic mass is 10.1. The Morgan fingerprint density at radius 1 is 1.14 bits per heavy atom. The Balaban J connectivity index is 1.52. The third-order valence-corrected chi connectivity index (χ3v) is 3.60. The van der Waals surface area contributed by atoms with Crippen molar-refractivity contribution >= 4 is 5.91 Å². The number of nitrogens with zero attached hydrogens (tertiary/aromatic N) is 4. The van der Waals surface area contributed by atoms with E-state index in [1.165, 1.54) is 0 Å². The molecule has 0 spiro atoms. The molecule has 1 aliphatic rings. The summed E-state index contributed by atoms with van der Waals surface area (Å²) >= 11 is 0. The minimum atomic E-state index is 0.210. The number of carbonyl (C=O) groups is 1. The van der Waals surface area contributed by atoms with E-state index in [0.717, 1.165) is 30.6 Å². The van der Waals surface area contributed by atoms with Crippen LogP contribution in [0.25, 0.3) is 11.3 Å². The molecule has 6 heteroatoms. The fraction of sp³-hybridized carbons (Fsp3) is 0.375. The molecule has 114 valence electrons. The lowest BCUT2D eigenvalue weighted by molar-refractivity contribution is -0.133. The van der Waals surface area contributed by atoms with Crippen LogP contribution in [0.2, 0.25) is 0 Å². The minimum Gasteiger partial charge on any atom is -0.462 e. The van der Waals surface area contributed by atoms with Crippen LogP contribution in [0, 0.1) is 0 Å². The monoisotopic (exact) mass is 298 g/mol. The highest BCUT2D eigenvalue weighted by molar-refractivity contribution is 5.76. The van der Waals surface area contributed by atoms with Gasteiger partial charge in [-0.15, -0.1) is 0 Å². The highest BCUT2D eigenvalue weighted by Crippen LogP contribution is 2.15. The normalized spacial score (nSPS) is 14.9. The first kappa shape index (κ1) is 14.4. The van der Waals surface area contributed by atoms with Gasteiger partial charge in [0.1, 0.15) is 6.61 Å². The van der Waals surface area contributed by atoms with Gasteiger partial charge in [0.05, 0.1) is 12.2 Å². The molecule has 1 aliphatic heterocycles. The Bertz CT molecular complexity index is 616. The van der Waals surface area contributed by atoms with Gasteiger partial charge in [0.15, 0.2) is 0 Å². The largest absolute Gasteiger partial charge is 0.462 e. The number of rotatable bonds is 5. The molecule has 1 amide bonds. The molecule has 3 rings (SSSR count). The van der Waals surface area contributed by atoms with Crippen molar-refractivity contribution in [2.45, 2.75) is 19.3 Å². The molecule has 22 heavy (non-hydrogen) atoms. The number of likely N-dealkylation sites (tertiary alicyclic amines) is 1. The average Bonchev–Trinajstić information content (AvgIpc) is 2.58. The van der Waals surface area contributed by atoms with Crippen LogP contribution in [0.4, 0.5) is 0 Å². The van der Waals surface area contributed by atoms with Crippen LogP contribution in [0.3, 0.4) is 0 Å². The van der Waals surface area contributed by atoms with Gasteiger partial charge in [0, 0.05) is 37.1 Å². The summed E-state index contributed by atoms with van der Waals surface area (Å²) < 4.78 is 5.51. The Kier molecular flexibility index (Phi) is 4.58. The number of piperidine rings is 1. The molecule has 0 N–H and O–H groups in total. The van der Waals surface area contributed by atoms with Gasteiger partial charge in [-0.3, -0.25) is 9.78 Å². The van der Waals surface area contributed by atoms with E-state index >= 15 is 0 Å². The third kappa shape index (κ3) is 3.58. The predicted octanol–water partition coefficient (Wildman–Crippen LogP) is 1.93. The Morgan fingerprint density at radius 3 is 2.73 bits per heavy atom. The van der Waals surface area contributed by atoms with E-state index in [1.807, 2.05) is 23.1 Å². The minimum absolute atomic E-state index is 0.210. The average molecular weight is 298 g/mol. The first-order valence-electron chi connectivity index (χ1n) is 7.47. The van der Waals surface area contributed by atoms with Crippen molar-refractivity contribution < 1.29 is 9.53 Å².